The number of rotatable bonds is 5. The number of pyridine rings is 1. The van der Waals surface area contributed by atoms with Crippen molar-refractivity contribution < 1.29 is 26.7 Å². The van der Waals surface area contributed by atoms with Crippen LogP contribution in [0, 0.1) is 18.6 Å². The van der Waals surface area contributed by atoms with Gasteiger partial charge in [0.1, 0.15) is 22.2 Å². The van der Waals surface area contributed by atoms with Gasteiger partial charge >= 0.3 is 0 Å². The Kier molecular flexibility index (Phi) is 4.79. The summed E-state index contributed by atoms with van der Waals surface area (Å²) in [6, 6.07) is 5.53. The second-order valence-electron chi connectivity index (χ2n) is 5.64. The number of aldehydes is 1. The number of aromatic nitrogens is 2. The van der Waals surface area contributed by atoms with E-state index in [2.05, 4.69) is 4.98 Å². The fourth-order valence-electron chi connectivity index (χ4n) is 2.62. The van der Waals surface area contributed by atoms with Crippen molar-refractivity contribution in [3.63, 3.8) is 0 Å². The maximum Gasteiger partial charge on any atom is 0.269 e. The van der Waals surface area contributed by atoms with Crippen LogP contribution in [0.15, 0.2) is 47.6 Å². The molecule has 0 spiro atoms. The van der Waals surface area contributed by atoms with Gasteiger partial charge in [-0.1, -0.05) is 0 Å². The minimum absolute atomic E-state index is 0.0973. The van der Waals surface area contributed by atoms with Crippen LogP contribution in [0.1, 0.15) is 16.1 Å². The molecule has 0 aliphatic heterocycles. The first-order valence-corrected chi connectivity index (χ1v) is 9.11. The second kappa shape index (κ2) is 6.92. The number of carbonyl (C=O) groups excluding carboxylic acids is 1. The summed E-state index contributed by atoms with van der Waals surface area (Å²) < 4.78 is 59.7. The molecule has 0 saturated heterocycles. The number of halogens is 2. The molecule has 0 saturated carbocycles. The van der Waals surface area contributed by atoms with Crippen LogP contribution in [0.25, 0.3) is 11.3 Å². The minimum atomic E-state index is -4.23. The molecule has 0 aliphatic rings. The zero-order valence-electron chi connectivity index (χ0n) is 14.3. The molecule has 0 amide bonds. The third-order valence-electron chi connectivity index (χ3n) is 3.91. The van der Waals surface area contributed by atoms with Crippen molar-refractivity contribution in [3.05, 3.63) is 65.6 Å². The largest absolute Gasteiger partial charge is 0.494 e. The molecule has 0 bridgehead atoms. The van der Waals surface area contributed by atoms with Crippen molar-refractivity contribution in [1.82, 2.24) is 8.96 Å². The van der Waals surface area contributed by atoms with E-state index in [1.54, 1.807) is 6.92 Å². The van der Waals surface area contributed by atoms with Crippen LogP contribution in [0.4, 0.5) is 8.78 Å². The van der Waals surface area contributed by atoms with E-state index < -0.39 is 21.7 Å². The van der Waals surface area contributed by atoms with Crippen LogP contribution in [0.3, 0.4) is 0 Å². The first-order valence-electron chi connectivity index (χ1n) is 7.67. The maximum atomic E-state index is 14.4. The highest BCUT2D eigenvalue weighted by Crippen LogP contribution is 2.38. The van der Waals surface area contributed by atoms with E-state index >= 15 is 0 Å². The highest BCUT2D eigenvalue weighted by molar-refractivity contribution is 7.90. The van der Waals surface area contributed by atoms with E-state index in [4.69, 9.17) is 4.74 Å². The summed E-state index contributed by atoms with van der Waals surface area (Å²) in [5.41, 5.74) is 0.0555. The molecule has 6 nitrogen and oxygen atoms in total. The number of methoxy groups -OCH3 is 1. The van der Waals surface area contributed by atoms with Crippen molar-refractivity contribution in [2.75, 3.05) is 7.11 Å². The van der Waals surface area contributed by atoms with Crippen LogP contribution < -0.4 is 4.74 Å². The molecule has 2 heterocycles. The summed E-state index contributed by atoms with van der Waals surface area (Å²) in [4.78, 5) is 15.2. The topological polar surface area (TPSA) is 78.3 Å². The predicted molar refractivity (Wildman–Crippen MR) is 93.3 cm³/mol. The van der Waals surface area contributed by atoms with Crippen molar-refractivity contribution in [3.8, 4) is 17.0 Å². The smallest absolute Gasteiger partial charge is 0.269 e. The molecule has 1 aromatic carbocycles. The lowest BCUT2D eigenvalue weighted by atomic mass is 10.1. The second-order valence-corrected chi connectivity index (χ2v) is 7.46. The molecule has 0 unspecified atom stereocenters. The summed E-state index contributed by atoms with van der Waals surface area (Å²) in [6.07, 6.45) is 2.57. The molecule has 9 heteroatoms. The maximum absolute atomic E-state index is 14.4. The number of hydrogen-bond acceptors (Lipinski definition) is 5. The van der Waals surface area contributed by atoms with Crippen LogP contribution in [0.2, 0.25) is 0 Å². The average molecular weight is 392 g/mol. The minimum Gasteiger partial charge on any atom is -0.494 e. The van der Waals surface area contributed by atoms with Gasteiger partial charge in [-0.2, -0.15) is 0 Å². The Labute approximate surface area is 154 Å². The zero-order chi connectivity index (χ0) is 19.8. The highest BCUT2D eigenvalue weighted by Gasteiger charge is 2.28. The van der Waals surface area contributed by atoms with E-state index in [1.807, 2.05) is 0 Å². The third kappa shape index (κ3) is 3.21. The Morgan fingerprint density at radius 2 is 1.93 bits per heavy atom. The molecule has 140 valence electrons. The normalized spacial score (nSPS) is 11.4. The molecule has 3 rings (SSSR count). The molecular formula is C18H14F2N2O4S. The number of carbonyl (C=O) groups is 1. The lowest BCUT2D eigenvalue weighted by molar-refractivity contribution is 0.112. The zero-order valence-corrected chi connectivity index (χ0v) is 15.1. The lowest BCUT2D eigenvalue weighted by Gasteiger charge is -2.13. The third-order valence-corrected chi connectivity index (χ3v) is 5.56. The van der Waals surface area contributed by atoms with Gasteiger partial charge in [0.15, 0.2) is 12.0 Å². The first-order chi connectivity index (χ1) is 12.8. The lowest BCUT2D eigenvalue weighted by Crippen LogP contribution is -2.14. The van der Waals surface area contributed by atoms with Crippen LogP contribution in [0.5, 0.6) is 5.75 Å². The van der Waals surface area contributed by atoms with E-state index in [1.165, 1.54) is 19.2 Å². The number of hydrogen-bond donors (Lipinski definition) is 0. The Morgan fingerprint density at radius 1 is 1.19 bits per heavy atom. The number of benzene rings is 1. The Bertz CT molecular complexity index is 1120. The van der Waals surface area contributed by atoms with Gasteiger partial charge in [0.05, 0.1) is 12.7 Å². The van der Waals surface area contributed by atoms with E-state index in [0.29, 0.717) is 18.0 Å². The predicted octanol–water partition coefficient (Wildman–Crippen LogP) is 3.19. The fraction of sp³-hybridized carbons (Fsp3) is 0.111. The molecule has 0 fully saturated rings. The van der Waals surface area contributed by atoms with Crippen molar-refractivity contribution in [2.45, 2.75) is 11.8 Å². The van der Waals surface area contributed by atoms with Crippen LogP contribution in [-0.4, -0.2) is 30.8 Å². The molecule has 0 aliphatic carbocycles. The van der Waals surface area contributed by atoms with Crippen LogP contribution in [-0.2, 0) is 10.0 Å². The quantitative estimate of drug-likeness (QED) is 0.623. The van der Waals surface area contributed by atoms with Gasteiger partial charge in [0.2, 0.25) is 0 Å². The molecule has 0 N–H and O–H groups in total. The van der Waals surface area contributed by atoms with Gasteiger partial charge < -0.3 is 4.74 Å². The molecule has 0 radical (unpaired) electrons. The number of aryl methyl sites for hydroxylation is 1. The standard InChI is InChI=1S/C18H14F2N2O4S/c1-11-3-5-14(8-21-11)27(24,25)22-9-12(10-23)18(26-2)17(22)15-6-4-13(19)7-16(15)20/h3-10H,1-2H3. The van der Waals surface area contributed by atoms with Crippen LogP contribution >= 0.6 is 0 Å². The van der Waals surface area contributed by atoms with Gasteiger partial charge in [-0.3, -0.25) is 9.78 Å². The first kappa shape index (κ1) is 18.7. The van der Waals surface area contributed by atoms with Crippen molar-refractivity contribution in [2.24, 2.45) is 0 Å². The summed E-state index contributed by atoms with van der Waals surface area (Å²) in [6.45, 7) is 1.69. The van der Waals surface area contributed by atoms with E-state index in [-0.39, 0.29) is 27.5 Å². The molecule has 27 heavy (non-hydrogen) atoms. The van der Waals surface area contributed by atoms with Gasteiger partial charge in [0, 0.05) is 29.7 Å². The van der Waals surface area contributed by atoms with Gasteiger partial charge in [-0.05, 0) is 31.2 Å². The van der Waals surface area contributed by atoms with Crippen molar-refractivity contribution >= 4 is 16.3 Å². The highest BCUT2D eigenvalue weighted by atomic mass is 32.2. The summed E-state index contributed by atoms with van der Waals surface area (Å²) in [5, 5.41) is 0. The number of ether oxygens (including phenoxy) is 1. The Balaban J connectivity index is 2.35. The van der Waals surface area contributed by atoms with E-state index in [9.17, 15) is 22.0 Å². The van der Waals surface area contributed by atoms with E-state index in [0.717, 1.165) is 28.5 Å². The molecule has 3 aromatic rings. The van der Waals surface area contributed by atoms with Crippen molar-refractivity contribution in [1.29, 1.82) is 0 Å². The summed E-state index contributed by atoms with van der Waals surface area (Å²) in [7, 11) is -3.01. The molecule has 2 aromatic heterocycles. The SMILES string of the molecule is COc1c(C=O)cn(S(=O)(=O)c2ccc(C)nc2)c1-c1ccc(F)cc1F. The average Bonchev–Trinajstić information content (AvgIpc) is 3.01. The van der Waals surface area contributed by atoms with Gasteiger partial charge in [0.25, 0.3) is 10.0 Å². The van der Waals surface area contributed by atoms with Gasteiger partial charge in [-0.25, -0.2) is 21.2 Å². The molecule has 0 atom stereocenters. The Morgan fingerprint density at radius 3 is 2.48 bits per heavy atom. The fourth-order valence-corrected chi connectivity index (χ4v) is 3.94. The summed E-state index contributed by atoms with van der Waals surface area (Å²) >= 11 is 0. The Hall–Kier alpha value is -3.07. The number of nitrogens with zero attached hydrogens (tertiary/aromatic N) is 2. The van der Waals surface area contributed by atoms with Gasteiger partial charge in [-0.15, -0.1) is 0 Å². The summed E-state index contributed by atoms with van der Waals surface area (Å²) in [5.74, 6) is -1.96. The monoisotopic (exact) mass is 392 g/mol. The molecular weight excluding hydrogens is 378 g/mol.